The van der Waals surface area contributed by atoms with E-state index in [2.05, 4.69) is 4.98 Å². The summed E-state index contributed by atoms with van der Waals surface area (Å²) < 4.78 is 5.39. The Morgan fingerprint density at radius 2 is 1.81 bits per heavy atom. The van der Waals surface area contributed by atoms with Gasteiger partial charge in [0.05, 0.1) is 18.5 Å². The van der Waals surface area contributed by atoms with E-state index >= 15 is 0 Å². The maximum absolute atomic E-state index is 13.9. The zero-order valence-electron chi connectivity index (χ0n) is 17.3. The van der Waals surface area contributed by atoms with Crippen LogP contribution in [0.5, 0.6) is 5.75 Å². The summed E-state index contributed by atoms with van der Waals surface area (Å²) in [6.45, 7) is 2.34. The average molecular weight is 411 g/mol. The molecule has 0 aliphatic carbocycles. The van der Waals surface area contributed by atoms with Crippen molar-refractivity contribution in [1.82, 2.24) is 9.88 Å². The minimum absolute atomic E-state index is 0.228. The Kier molecular flexibility index (Phi) is 3.55. The smallest absolute Gasteiger partial charge is 0.332 e. The van der Waals surface area contributed by atoms with Gasteiger partial charge in [-0.25, -0.2) is 9.69 Å². The topological polar surface area (TPSA) is 65.6 Å². The fourth-order valence-corrected chi connectivity index (χ4v) is 5.16. The highest BCUT2D eigenvalue weighted by Gasteiger charge is 2.59. The van der Waals surface area contributed by atoms with Crippen LogP contribution < -0.4 is 9.64 Å². The molecule has 154 valence electrons. The third-order valence-corrected chi connectivity index (χ3v) is 6.77. The van der Waals surface area contributed by atoms with Crippen LogP contribution in [0.4, 0.5) is 10.5 Å². The Morgan fingerprint density at radius 1 is 1.00 bits per heavy atom. The first-order chi connectivity index (χ1) is 15.0. The molecule has 3 aromatic carbocycles. The van der Waals surface area contributed by atoms with Gasteiger partial charge in [0.15, 0.2) is 5.54 Å². The van der Waals surface area contributed by atoms with E-state index in [4.69, 9.17) is 4.74 Å². The molecule has 31 heavy (non-hydrogen) atoms. The van der Waals surface area contributed by atoms with Crippen LogP contribution >= 0.6 is 0 Å². The summed E-state index contributed by atoms with van der Waals surface area (Å²) >= 11 is 0. The summed E-state index contributed by atoms with van der Waals surface area (Å²) in [5.74, 6) is 0.543. The second kappa shape index (κ2) is 6.11. The van der Waals surface area contributed by atoms with Crippen LogP contribution in [-0.2, 0) is 16.8 Å². The number of fused-ring (bicyclic) bond motifs is 6. The van der Waals surface area contributed by atoms with Crippen molar-refractivity contribution >= 4 is 39.3 Å². The van der Waals surface area contributed by atoms with Crippen molar-refractivity contribution < 1.29 is 14.3 Å². The van der Waals surface area contributed by atoms with Crippen LogP contribution in [0, 0.1) is 0 Å². The molecule has 2 aliphatic rings. The minimum atomic E-state index is -1.08. The van der Waals surface area contributed by atoms with Gasteiger partial charge in [-0.2, -0.15) is 0 Å². The molecule has 1 saturated heterocycles. The third kappa shape index (κ3) is 2.22. The molecular weight excluding hydrogens is 390 g/mol. The number of aromatic amines is 1. The number of carbonyl (C=O) groups excluding carboxylic acids is 2. The molecule has 3 amide bonds. The zero-order valence-corrected chi connectivity index (χ0v) is 17.3. The lowest BCUT2D eigenvalue weighted by Gasteiger charge is -2.35. The van der Waals surface area contributed by atoms with E-state index in [9.17, 15) is 9.59 Å². The number of H-pyrrole nitrogens is 1. The van der Waals surface area contributed by atoms with Gasteiger partial charge in [0.1, 0.15) is 5.75 Å². The monoisotopic (exact) mass is 411 g/mol. The number of methoxy groups -OCH3 is 1. The van der Waals surface area contributed by atoms with Gasteiger partial charge >= 0.3 is 6.03 Å². The summed E-state index contributed by atoms with van der Waals surface area (Å²) in [5.41, 5.74) is 2.37. The molecule has 1 aromatic heterocycles. The summed E-state index contributed by atoms with van der Waals surface area (Å²) in [5, 5.41) is 2.92. The molecule has 6 nitrogen and oxygen atoms in total. The number of carbonyl (C=O) groups is 2. The van der Waals surface area contributed by atoms with Gasteiger partial charge in [-0.05, 0) is 48.6 Å². The highest BCUT2D eigenvalue weighted by atomic mass is 16.5. The van der Waals surface area contributed by atoms with Gasteiger partial charge in [0.25, 0.3) is 5.91 Å². The van der Waals surface area contributed by atoms with Gasteiger partial charge in [-0.15, -0.1) is 0 Å². The molecule has 0 radical (unpaired) electrons. The van der Waals surface area contributed by atoms with Crippen molar-refractivity contribution in [3.05, 3.63) is 71.9 Å². The Labute approximate surface area is 179 Å². The first kappa shape index (κ1) is 18.0. The maximum atomic E-state index is 13.9. The van der Waals surface area contributed by atoms with Crippen molar-refractivity contribution in [2.45, 2.75) is 18.9 Å². The summed E-state index contributed by atoms with van der Waals surface area (Å²) in [7, 11) is 1.64. The predicted octanol–water partition coefficient (Wildman–Crippen LogP) is 4.57. The molecule has 0 bridgehead atoms. The van der Waals surface area contributed by atoms with Crippen molar-refractivity contribution in [3.63, 3.8) is 0 Å². The zero-order chi connectivity index (χ0) is 21.3. The van der Waals surface area contributed by atoms with Crippen LogP contribution in [0.3, 0.4) is 0 Å². The SMILES string of the molecule is COc1ccc2[nH]c3c(c2c1)CCN1C(=O)N(c2cccc4ccccc24)C(=O)C31C. The molecule has 6 heteroatoms. The van der Waals surface area contributed by atoms with E-state index in [1.165, 1.54) is 4.90 Å². The van der Waals surface area contributed by atoms with Crippen molar-refractivity contribution in [2.24, 2.45) is 0 Å². The van der Waals surface area contributed by atoms with Crippen LogP contribution in [0.1, 0.15) is 18.2 Å². The Morgan fingerprint density at radius 3 is 2.65 bits per heavy atom. The summed E-state index contributed by atoms with van der Waals surface area (Å²) in [6, 6.07) is 19.1. The lowest BCUT2D eigenvalue weighted by Crippen LogP contribution is -2.49. The van der Waals surface area contributed by atoms with E-state index in [1.807, 2.05) is 67.6 Å². The number of hydrogen-bond donors (Lipinski definition) is 1. The second-order valence-electron chi connectivity index (χ2n) is 8.29. The largest absolute Gasteiger partial charge is 0.497 e. The van der Waals surface area contributed by atoms with Gasteiger partial charge in [0, 0.05) is 22.8 Å². The first-order valence-electron chi connectivity index (χ1n) is 10.4. The Balaban J connectivity index is 1.55. The van der Waals surface area contributed by atoms with Gasteiger partial charge in [-0.1, -0.05) is 36.4 Å². The third-order valence-electron chi connectivity index (χ3n) is 6.77. The van der Waals surface area contributed by atoms with E-state index in [1.54, 1.807) is 12.0 Å². The fraction of sp³-hybridized carbons (Fsp3) is 0.200. The first-order valence-corrected chi connectivity index (χ1v) is 10.4. The molecule has 1 unspecified atom stereocenters. The molecule has 1 atom stereocenters. The fourth-order valence-electron chi connectivity index (χ4n) is 5.16. The number of nitrogens with one attached hydrogen (secondary N) is 1. The van der Waals surface area contributed by atoms with Crippen LogP contribution in [0.15, 0.2) is 60.7 Å². The maximum Gasteiger partial charge on any atom is 0.332 e. The number of amides is 3. The van der Waals surface area contributed by atoms with Gasteiger partial charge < -0.3 is 14.6 Å². The normalized spacial score (nSPS) is 20.5. The second-order valence-corrected chi connectivity index (χ2v) is 8.29. The minimum Gasteiger partial charge on any atom is -0.497 e. The molecule has 3 heterocycles. The number of benzene rings is 3. The number of anilines is 1. The van der Waals surface area contributed by atoms with Gasteiger partial charge in [-0.3, -0.25) is 4.79 Å². The molecule has 0 saturated carbocycles. The molecule has 1 fully saturated rings. The lowest BCUT2D eigenvalue weighted by atomic mass is 9.87. The van der Waals surface area contributed by atoms with Crippen molar-refractivity contribution in [3.8, 4) is 5.75 Å². The van der Waals surface area contributed by atoms with E-state index in [-0.39, 0.29) is 11.9 Å². The number of urea groups is 1. The highest BCUT2D eigenvalue weighted by Crippen LogP contribution is 2.46. The lowest BCUT2D eigenvalue weighted by molar-refractivity contribution is -0.125. The molecule has 6 rings (SSSR count). The number of rotatable bonds is 2. The van der Waals surface area contributed by atoms with E-state index in [0.717, 1.165) is 38.7 Å². The Bertz CT molecular complexity index is 1400. The number of aromatic nitrogens is 1. The average Bonchev–Trinajstić information content (AvgIpc) is 3.26. The number of nitrogens with zero attached hydrogens (tertiary/aromatic N) is 2. The highest BCUT2D eigenvalue weighted by molar-refractivity contribution is 6.26. The number of imide groups is 1. The summed E-state index contributed by atoms with van der Waals surface area (Å²) in [6.07, 6.45) is 0.681. The molecule has 4 aromatic rings. The summed E-state index contributed by atoms with van der Waals surface area (Å²) in [4.78, 5) is 33.9. The molecule has 2 aliphatic heterocycles. The standard InChI is InChI=1S/C25H21N3O3/c1-25-22-18(19-14-16(31-2)10-11-20(19)26-22)12-13-27(25)24(30)28(23(25)29)21-9-5-7-15-6-3-4-8-17(15)21/h3-11,14,26H,12-13H2,1-2H3. The van der Waals surface area contributed by atoms with Crippen molar-refractivity contribution in [1.29, 1.82) is 0 Å². The van der Waals surface area contributed by atoms with Gasteiger partial charge in [0.2, 0.25) is 0 Å². The van der Waals surface area contributed by atoms with Crippen LogP contribution in [-0.4, -0.2) is 35.5 Å². The predicted molar refractivity (Wildman–Crippen MR) is 119 cm³/mol. The van der Waals surface area contributed by atoms with Crippen molar-refractivity contribution in [2.75, 3.05) is 18.6 Å². The van der Waals surface area contributed by atoms with E-state index in [0.29, 0.717) is 18.7 Å². The molecule has 1 N–H and O–H groups in total. The van der Waals surface area contributed by atoms with Crippen LogP contribution in [0.2, 0.25) is 0 Å². The van der Waals surface area contributed by atoms with E-state index < -0.39 is 5.54 Å². The molecular formula is C25H21N3O3. The van der Waals surface area contributed by atoms with Crippen LogP contribution in [0.25, 0.3) is 21.7 Å². The number of hydrogen-bond acceptors (Lipinski definition) is 3. The Hall–Kier alpha value is -3.80. The quantitative estimate of drug-likeness (QED) is 0.492. The molecule has 0 spiro atoms. The number of ether oxygens (including phenoxy) is 1.